The van der Waals surface area contributed by atoms with Crippen LogP contribution in [0.25, 0.3) is 0 Å². The lowest BCUT2D eigenvalue weighted by atomic mass is 10.3. The Morgan fingerprint density at radius 2 is 2.42 bits per heavy atom. The van der Waals surface area contributed by atoms with Crippen LogP contribution in [-0.2, 0) is 0 Å². The van der Waals surface area contributed by atoms with Gasteiger partial charge in [0, 0.05) is 0 Å². The Kier molecular flexibility index (Phi) is 3.27. The van der Waals surface area contributed by atoms with Gasteiger partial charge in [-0.15, -0.1) is 0 Å². The van der Waals surface area contributed by atoms with Crippen LogP contribution < -0.4 is 5.73 Å². The van der Waals surface area contributed by atoms with Gasteiger partial charge in [-0.05, 0) is 6.07 Å². The van der Waals surface area contributed by atoms with Gasteiger partial charge in [-0.25, -0.2) is 4.98 Å². The molecule has 0 saturated heterocycles. The van der Waals surface area contributed by atoms with Crippen molar-refractivity contribution in [3.05, 3.63) is 23.0 Å². The maximum absolute atomic E-state index is 5.74. The monoisotopic (exact) mass is 198 g/mol. The van der Waals surface area contributed by atoms with Crippen LogP contribution in [0.15, 0.2) is 12.3 Å². The molecule has 62 valence electrons. The lowest BCUT2D eigenvalue weighted by Crippen LogP contribution is -1.89. The van der Waals surface area contributed by atoms with Gasteiger partial charge in [-0.1, -0.05) is 23.4 Å². The molecular weight excluding hydrogens is 192 g/mol. The Morgan fingerprint density at radius 3 is 3.08 bits per heavy atom. The summed E-state index contributed by atoms with van der Waals surface area (Å²) in [6.07, 6.45) is 1.49. The topological polar surface area (TPSA) is 38.9 Å². The Hall–Kier alpha value is -0.850. The molecule has 0 radical (unpaired) electrons. The van der Waals surface area contributed by atoms with E-state index in [1.54, 1.807) is 6.07 Å². The number of hydrogen-bond acceptors (Lipinski definition) is 3. The molecule has 0 unspecified atom stereocenters. The maximum atomic E-state index is 5.74. The predicted octanol–water partition coefficient (Wildman–Crippen LogP) is 1.60. The molecule has 0 amide bonds. The second-order valence-electron chi connectivity index (χ2n) is 2.07. The molecular formula is C8H7ClN2S. The Bertz CT molecular complexity index is 341. The molecule has 0 aliphatic heterocycles. The Labute approximate surface area is 81.5 Å². The van der Waals surface area contributed by atoms with Gasteiger partial charge in [0.1, 0.15) is 5.15 Å². The van der Waals surface area contributed by atoms with Crippen LogP contribution in [0.2, 0.25) is 5.15 Å². The van der Waals surface area contributed by atoms with Crippen LogP contribution in [0.5, 0.6) is 0 Å². The second-order valence-corrected chi connectivity index (χ2v) is 2.74. The van der Waals surface area contributed by atoms with E-state index in [2.05, 4.69) is 29.5 Å². The minimum absolute atomic E-state index is 0.374. The lowest BCUT2D eigenvalue weighted by Gasteiger charge is -1.95. The maximum Gasteiger partial charge on any atom is 0.144 e. The first-order chi connectivity index (χ1) is 5.74. The van der Waals surface area contributed by atoms with Crippen molar-refractivity contribution in [2.75, 3.05) is 11.5 Å². The number of pyridine rings is 1. The summed E-state index contributed by atoms with van der Waals surface area (Å²) in [6, 6.07) is 1.69. The van der Waals surface area contributed by atoms with E-state index in [0.29, 0.717) is 22.2 Å². The fourth-order valence-corrected chi connectivity index (χ4v) is 0.916. The molecule has 12 heavy (non-hydrogen) atoms. The molecule has 1 rings (SSSR count). The summed E-state index contributed by atoms with van der Waals surface area (Å²) in [5, 5.41) is 0.374. The van der Waals surface area contributed by atoms with Crippen LogP contribution in [-0.4, -0.2) is 10.7 Å². The normalized spacial score (nSPS) is 8.83. The zero-order valence-electron chi connectivity index (χ0n) is 6.21. The molecule has 1 aromatic heterocycles. The average molecular weight is 199 g/mol. The highest BCUT2D eigenvalue weighted by molar-refractivity contribution is 7.80. The van der Waals surface area contributed by atoms with E-state index in [1.165, 1.54) is 6.20 Å². The van der Waals surface area contributed by atoms with Crippen molar-refractivity contribution in [3.8, 4) is 11.8 Å². The van der Waals surface area contributed by atoms with Gasteiger partial charge in [-0.2, -0.15) is 12.6 Å². The third kappa shape index (κ3) is 2.33. The van der Waals surface area contributed by atoms with Crippen LogP contribution >= 0.6 is 24.2 Å². The van der Waals surface area contributed by atoms with E-state index in [1.807, 2.05) is 0 Å². The van der Waals surface area contributed by atoms with Gasteiger partial charge in [0.25, 0.3) is 0 Å². The van der Waals surface area contributed by atoms with E-state index in [9.17, 15) is 0 Å². The summed E-state index contributed by atoms with van der Waals surface area (Å²) in [7, 11) is 0. The molecule has 0 atom stereocenters. The fourth-order valence-electron chi connectivity index (χ4n) is 0.687. The summed E-state index contributed by atoms with van der Waals surface area (Å²) in [5.74, 6) is 6.06. The van der Waals surface area contributed by atoms with Crippen molar-refractivity contribution in [3.63, 3.8) is 0 Å². The van der Waals surface area contributed by atoms with Gasteiger partial charge >= 0.3 is 0 Å². The standard InChI is InChI=1S/C8H7ClN2S/c9-8-6(2-1-3-12)4-7(10)5-11-8/h4-5,12H,3,10H2. The molecule has 0 spiro atoms. The Balaban J connectivity index is 3.05. The van der Waals surface area contributed by atoms with E-state index in [-0.39, 0.29) is 0 Å². The summed E-state index contributed by atoms with van der Waals surface area (Å²) < 4.78 is 0. The zero-order valence-corrected chi connectivity index (χ0v) is 7.86. The molecule has 2 nitrogen and oxygen atoms in total. The van der Waals surface area contributed by atoms with E-state index in [0.717, 1.165) is 0 Å². The van der Waals surface area contributed by atoms with Crippen molar-refractivity contribution in [1.29, 1.82) is 0 Å². The third-order valence-corrected chi connectivity index (χ3v) is 1.62. The number of rotatable bonds is 0. The average Bonchev–Trinajstić information content (AvgIpc) is 2.07. The van der Waals surface area contributed by atoms with Gasteiger partial charge in [0.05, 0.1) is 23.2 Å². The molecule has 0 aliphatic carbocycles. The zero-order chi connectivity index (χ0) is 8.97. The molecule has 1 aromatic rings. The van der Waals surface area contributed by atoms with Gasteiger partial charge < -0.3 is 5.73 Å². The molecule has 0 aromatic carbocycles. The van der Waals surface area contributed by atoms with E-state index in [4.69, 9.17) is 17.3 Å². The first kappa shape index (κ1) is 9.24. The summed E-state index contributed by atoms with van der Waals surface area (Å²) in [6.45, 7) is 0. The van der Waals surface area contributed by atoms with Crippen LogP contribution in [0, 0.1) is 11.8 Å². The van der Waals surface area contributed by atoms with Crippen molar-refractivity contribution in [2.45, 2.75) is 0 Å². The van der Waals surface area contributed by atoms with Gasteiger partial charge in [0.15, 0.2) is 0 Å². The lowest BCUT2D eigenvalue weighted by molar-refractivity contribution is 1.32. The van der Waals surface area contributed by atoms with Crippen molar-refractivity contribution in [1.82, 2.24) is 4.98 Å². The Morgan fingerprint density at radius 1 is 1.67 bits per heavy atom. The number of nitrogens with zero attached hydrogens (tertiary/aromatic N) is 1. The molecule has 1 heterocycles. The third-order valence-electron chi connectivity index (χ3n) is 1.16. The largest absolute Gasteiger partial charge is 0.397 e. The van der Waals surface area contributed by atoms with Crippen molar-refractivity contribution >= 4 is 29.9 Å². The highest BCUT2D eigenvalue weighted by Crippen LogP contribution is 2.13. The van der Waals surface area contributed by atoms with Crippen LogP contribution in [0.3, 0.4) is 0 Å². The quantitative estimate of drug-likeness (QED) is 0.378. The highest BCUT2D eigenvalue weighted by Gasteiger charge is 1.97. The van der Waals surface area contributed by atoms with E-state index >= 15 is 0 Å². The van der Waals surface area contributed by atoms with Crippen molar-refractivity contribution < 1.29 is 0 Å². The molecule has 0 saturated carbocycles. The number of nitrogen functional groups attached to an aromatic ring is 1. The molecule has 0 fully saturated rings. The van der Waals surface area contributed by atoms with E-state index < -0.39 is 0 Å². The smallest absolute Gasteiger partial charge is 0.144 e. The predicted molar refractivity (Wildman–Crippen MR) is 54.4 cm³/mol. The number of halogens is 1. The SMILES string of the molecule is Nc1cnc(Cl)c(C#CCS)c1. The highest BCUT2D eigenvalue weighted by atomic mass is 35.5. The second kappa shape index (κ2) is 4.24. The molecule has 0 bridgehead atoms. The number of aromatic nitrogens is 1. The summed E-state index contributed by atoms with van der Waals surface area (Å²) in [5.41, 5.74) is 6.69. The minimum atomic E-state index is 0.374. The molecule has 0 aliphatic rings. The summed E-state index contributed by atoms with van der Waals surface area (Å²) in [4.78, 5) is 3.84. The van der Waals surface area contributed by atoms with Crippen LogP contribution in [0.1, 0.15) is 5.56 Å². The fraction of sp³-hybridized carbons (Fsp3) is 0.125. The number of anilines is 1. The minimum Gasteiger partial charge on any atom is -0.397 e. The first-order valence-electron chi connectivity index (χ1n) is 3.25. The van der Waals surface area contributed by atoms with Gasteiger partial charge in [-0.3, -0.25) is 0 Å². The van der Waals surface area contributed by atoms with Crippen molar-refractivity contribution in [2.24, 2.45) is 0 Å². The first-order valence-corrected chi connectivity index (χ1v) is 4.26. The van der Waals surface area contributed by atoms with Gasteiger partial charge in [0.2, 0.25) is 0 Å². The molecule has 4 heteroatoms. The molecule has 2 N–H and O–H groups in total. The summed E-state index contributed by atoms with van der Waals surface area (Å²) >= 11 is 9.68. The number of hydrogen-bond donors (Lipinski definition) is 2. The van der Waals surface area contributed by atoms with Crippen LogP contribution in [0.4, 0.5) is 5.69 Å². The number of nitrogens with two attached hydrogens (primary N) is 1. The number of thiol groups is 1.